The van der Waals surface area contributed by atoms with E-state index in [0.29, 0.717) is 0 Å². The Hall–Kier alpha value is -0.560. The lowest BCUT2D eigenvalue weighted by Crippen LogP contribution is -2.16. The first kappa shape index (κ1) is 12.4. The van der Waals surface area contributed by atoms with Gasteiger partial charge in [-0.05, 0) is 24.7 Å². The molecule has 0 radical (unpaired) electrons. The van der Waals surface area contributed by atoms with Crippen LogP contribution in [-0.4, -0.2) is 5.48 Å². The molecule has 0 amide bonds. The fraction of sp³-hybridized carbons (Fsp3) is 0.667. The lowest BCUT2D eigenvalue weighted by Gasteiger charge is -2.28. The molecule has 2 N–H and O–H groups in total. The van der Waals surface area contributed by atoms with E-state index in [1.807, 2.05) is 13.8 Å². The first-order valence-electron chi connectivity index (χ1n) is 5.32. The van der Waals surface area contributed by atoms with E-state index in [1.54, 1.807) is 0 Å². The maximum absolute atomic E-state index is 2.38. The van der Waals surface area contributed by atoms with Crippen molar-refractivity contribution < 1.29 is 5.48 Å². The Bertz CT molecular complexity index is 150. The highest BCUT2D eigenvalue weighted by Crippen LogP contribution is 2.33. The molecule has 1 fully saturated rings. The van der Waals surface area contributed by atoms with Crippen molar-refractivity contribution in [3.05, 3.63) is 24.3 Å². The lowest BCUT2D eigenvalue weighted by molar-refractivity contribution is 0.335. The van der Waals surface area contributed by atoms with Crippen molar-refractivity contribution in [2.45, 2.75) is 39.5 Å². The van der Waals surface area contributed by atoms with Crippen molar-refractivity contribution in [3.63, 3.8) is 0 Å². The second-order valence-electron chi connectivity index (χ2n) is 3.38. The first-order chi connectivity index (χ1) is 5.97. The van der Waals surface area contributed by atoms with Crippen LogP contribution in [0.5, 0.6) is 0 Å². The smallest absolute Gasteiger partial charge is 0.0167 e. The first-order valence-corrected chi connectivity index (χ1v) is 5.32. The molecular formula is C12H22O. The van der Waals surface area contributed by atoms with Gasteiger partial charge in [-0.1, -0.05) is 51.0 Å². The standard InChI is InChI=1S/C10H14.C2H6.H2O/c1-2-6-10-8-4-3-7-9(10)5-1;1-2;/h1-2,5-6,9-10H,3-4,7-8H2;1-2H3;1H2. The van der Waals surface area contributed by atoms with Gasteiger partial charge in [0.15, 0.2) is 0 Å². The largest absolute Gasteiger partial charge is 0.412 e. The number of allylic oxidation sites excluding steroid dienone is 4. The summed E-state index contributed by atoms with van der Waals surface area (Å²) in [6.45, 7) is 4.00. The highest BCUT2D eigenvalue weighted by Gasteiger charge is 2.21. The molecule has 1 nitrogen and oxygen atoms in total. The van der Waals surface area contributed by atoms with Gasteiger partial charge in [-0.15, -0.1) is 0 Å². The van der Waals surface area contributed by atoms with Crippen molar-refractivity contribution in [2.75, 3.05) is 0 Å². The van der Waals surface area contributed by atoms with Crippen LogP contribution in [-0.2, 0) is 0 Å². The van der Waals surface area contributed by atoms with Gasteiger partial charge in [-0.3, -0.25) is 0 Å². The molecule has 0 aromatic heterocycles. The van der Waals surface area contributed by atoms with E-state index in [4.69, 9.17) is 0 Å². The van der Waals surface area contributed by atoms with Gasteiger partial charge in [-0.25, -0.2) is 0 Å². The van der Waals surface area contributed by atoms with E-state index in [-0.39, 0.29) is 5.48 Å². The van der Waals surface area contributed by atoms with Crippen LogP contribution in [0, 0.1) is 11.8 Å². The third-order valence-corrected chi connectivity index (χ3v) is 2.70. The van der Waals surface area contributed by atoms with Gasteiger partial charge in [0.1, 0.15) is 0 Å². The molecule has 0 aliphatic heterocycles. The Morgan fingerprint density at radius 2 is 1.23 bits per heavy atom. The Labute approximate surface area is 81.8 Å². The van der Waals surface area contributed by atoms with Crippen LogP contribution in [0.4, 0.5) is 0 Å². The summed E-state index contributed by atoms with van der Waals surface area (Å²) in [6.07, 6.45) is 14.9. The molecule has 1 saturated carbocycles. The van der Waals surface area contributed by atoms with Crippen LogP contribution in [0.1, 0.15) is 39.5 Å². The minimum Gasteiger partial charge on any atom is -0.412 e. The summed E-state index contributed by atoms with van der Waals surface area (Å²) in [4.78, 5) is 0. The number of hydrogen-bond acceptors (Lipinski definition) is 0. The average Bonchev–Trinajstić information content (AvgIpc) is 2.21. The van der Waals surface area contributed by atoms with E-state index < -0.39 is 0 Å². The lowest BCUT2D eigenvalue weighted by atomic mass is 9.77. The van der Waals surface area contributed by atoms with E-state index in [2.05, 4.69) is 24.3 Å². The highest BCUT2D eigenvalue weighted by atomic mass is 16.0. The minimum atomic E-state index is 0. The monoisotopic (exact) mass is 182 g/mol. The van der Waals surface area contributed by atoms with E-state index in [9.17, 15) is 0 Å². The summed E-state index contributed by atoms with van der Waals surface area (Å²) in [5.41, 5.74) is 0. The SMILES string of the molecule is C1=CC2CCCCC2C=C1.CC.O. The molecule has 1 heteroatoms. The Morgan fingerprint density at radius 3 is 1.62 bits per heavy atom. The molecule has 2 unspecified atom stereocenters. The maximum atomic E-state index is 2.38. The predicted molar refractivity (Wildman–Crippen MR) is 58.7 cm³/mol. The molecule has 2 aliphatic carbocycles. The zero-order valence-corrected chi connectivity index (χ0v) is 8.79. The molecule has 2 atom stereocenters. The van der Waals surface area contributed by atoms with Crippen LogP contribution in [0.25, 0.3) is 0 Å². The number of rotatable bonds is 0. The third-order valence-electron chi connectivity index (χ3n) is 2.70. The molecule has 76 valence electrons. The van der Waals surface area contributed by atoms with Crippen LogP contribution in [0.2, 0.25) is 0 Å². The summed E-state index contributed by atoms with van der Waals surface area (Å²) in [7, 11) is 0. The van der Waals surface area contributed by atoms with Crippen LogP contribution in [0.15, 0.2) is 24.3 Å². The van der Waals surface area contributed by atoms with Crippen LogP contribution >= 0.6 is 0 Å². The molecule has 0 spiro atoms. The molecule has 0 aromatic rings. The second-order valence-corrected chi connectivity index (χ2v) is 3.38. The second kappa shape index (κ2) is 6.90. The van der Waals surface area contributed by atoms with Gasteiger partial charge >= 0.3 is 0 Å². The minimum absolute atomic E-state index is 0. The molecule has 13 heavy (non-hydrogen) atoms. The van der Waals surface area contributed by atoms with E-state index in [1.165, 1.54) is 25.7 Å². The van der Waals surface area contributed by atoms with Gasteiger partial charge < -0.3 is 5.48 Å². The van der Waals surface area contributed by atoms with E-state index in [0.717, 1.165) is 11.8 Å². The molecule has 0 heterocycles. The van der Waals surface area contributed by atoms with Crippen molar-refractivity contribution >= 4 is 0 Å². The van der Waals surface area contributed by atoms with Gasteiger partial charge in [0.2, 0.25) is 0 Å². The Kier molecular flexibility index (Phi) is 6.61. The predicted octanol–water partition coefficient (Wildman–Crippen LogP) is 3.12. The average molecular weight is 182 g/mol. The normalized spacial score (nSPS) is 29.4. The fourth-order valence-corrected chi connectivity index (χ4v) is 2.08. The van der Waals surface area contributed by atoms with Gasteiger partial charge in [-0.2, -0.15) is 0 Å². The fourth-order valence-electron chi connectivity index (χ4n) is 2.08. The van der Waals surface area contributed by atoms with Gasteiger partial charge in [0, 0.05) is 0 Å². The molecule has 0 saturated heterocycles. The van der Waals surface area contributed by atoms with Crippen LogP contribution in [0.3, 0.4) is 0 Å². The third kappa shape index (κ3) is 3.35. The Balaban J connectivity index is 0.000000451. The number of hydrogen-bond donors (Lipinski definition) is 0. The highest BCUT2D eigenvalue weighted by molar-refractivity contribution is 5.14. The van der Waals surface area contributed by atoms with Crippen molar-refractivity contribution in [2.24, 2.45) is 11.8 Å². The summed E-state index contributed by atoms with van der Waals surface area (Å²) in [5.74, 6) is 1.78. The van der Waals surface area contributed by atoms with Crippen molar-refractivity contribution in [1.82, 2.24) is 0 Å². The maximum Gasteiger partial charge on any atom is -0.0167 e. The Morgan fingerprint density at radius 1 is 0.846 bits per heavy atom. The summed E-state index contributed by atoms with van der Waals surface area (Å²) in [5, 5.41) is 0. The molecular weight excluding hydrogens is 160 g/mol. The topological polar surface area (TPSA) is 31.5 Å². The molecule has 2 aliphatic rings. The zero-order valence-electron chi connectivity index (χ0n) is 8.79. The molecule has 0 aromatic carbocycles. The van der Waals surface area contributed by atoms with Crippen molar-refractivity contribution in [3.8, 4) is 0 Å². The summed E-state index contributed by atoms with van der Waals surface area (Å²) >= 11 is 0. The van der Waals surface area contributed by atoms with Crippen molar-refractivity contribution in [1.29, 1.82) is 0 Å². The number of fused-ring (bicyclic) bond motifs is 1. The van der Waals surface area contributed by atoms with Crippen LogP contribution < -0.4 is 0 Å². The summed E-state index contributed by atoms with van der Waals surface area (Å²) < 4.78 is 0. The zero-order chi connectivity index (χ0) is 8.81. The van der Waals surface area contributed by atoms with Gasteiger partial charge in [0.25, 0.3) is 0 Å². The molecule has 0 bridgehead atoms. The quantitative estimate of drug-likeness (QED) is 0.551. The van der Waals surface area contributed by atoms with Gasteiger partial charge in [0.05, 0.1) is 0 Å². The van der Waals surface area contributed by atoms with E-state index >= 15 is 0 Å². The molecule has 2 rings (SSSR count). The summed E-state index contributed by atoms with van der Waals surface area (Å²) in [6, 6.07) is 0.